The quantitative estimate of drug-likeness (QED) is 0.335. The van der Waals surface area contributed by atoms with Gasteiger partial charge in [-0.2, -0.15) is 13.2 Å². The average molecular weight is 594 g/mol. The van der Waals surface area contributed by atoms with Crippen molar-refractivity contribution in [2.75, 3.05) is 44.5 Å². The van der Waals surface area contributed by atoms with Gasteiger partial charge in [-0.05, 0) is 48.0 Å². The summed E-state index contributed by atoms with van der Waals surface area (Å²) in [5.41, 5.74) is -0.566. The molecule has 13 heteroatoms. The van der Waals surface area contributed by atoms with E-state index in [1.807, 2.05) is 0 Å². The minimum Gasteiger partial charge on any atom is -0.484 e. The van der Waals surface area contributed by atoms with Gasteiger partial charge in [-0.1, -0.05) is 18.2 Å². The molecule has 0 bridgehead atoms. The predicted molar refractivity (Wildman–Crippen MR) is 148 cm³/mol. The molecule has 1 aliphatic heterocycles. The van der Waals surface area contributed by atoms with Crippen LogP contribution in [0, 0.1) is 5.41 Å². The van der Waals surface area contributed by atoms with E-state index in [4.69, 9.17) is 14.9 Å². The first-order valence-corrected chi connectivity index (χ1v) is 14.7. The molecule has 1 saturated heterocycles. The molecule has 40 heavy (non-hydrogen) atoms. The summed E-state index contributed by atoms with van der Waals surface area (Å²) in [6.07, 6.45) is -3.07. The topological polar surface area (TPSA) is 109 Å². The Hall–Kier alpha value is -3.68. The van der Waals surface area contributed by atoms with Crippen LogP contribution >= 0.6 is 11.3 Å². The highest BCUT2D eigenvalue weighted by Gasteiger charge is 2.33. The first kappa shape index (κ1) is 29.3. The van der Waals surface area contributed by atoms with E-state index in [-0.39, 0.29) is 23.1 Å². The number of nitrogens with zero attached hydrogens (tertiary/aromatic N) is 1. The molecular formula is C27H26F3N3O5S2. The van der Waals surface area contributed by atoms with Crippen LogP contribution in [-0.4, -0.2) is 70.3 Å². The number of hydrogen-bond acceptors (Lipinski definition) is 8. The summed E-state index contributed by atoms with van der Waals surface area (Å²) in [5, 5.41) is 10.5. The van der Waals surface area contributed by atoms with E-state index in [2.05, 4.69) is 5.32 Å². The Labute approximate surface area is 233 Å². The van der Waals surface area contributed by atoms with E-state index >= 15 is 0 Å². The summed E-state index contributed by atoms with van der Waals surface area (Å²) in [5.74, 6) is 0.133. The van der Waals surface area contributed by atoms with Gasteiger partial charge in [0.15, 0.2) is 16.4 Å². The number of hydrogen-bond donors (Lipinski definition) is 2. The third kappa shape index (κ3) is 7.71. The number of benzene rings is 2. The lowest BCUT2D eigenvalue weighted by molar-refractivity contribution is -0.137. The van der Waals surface area contributed by atoms with Crippen LogP contribution in [0.15, 0.2) is 71.6 Å². The molecule has 0 spiro atoms. The number of rotatable bonds is 9. The molecule has 0 saturated carbocycles. The molecule has 4 rings (SSSR count). The van der Waals surface area contributed by atoms with Gasteiger partial charge in [0.25, 0.3) is 5.91 Å². The summed E-state index contributed by atoms with van der Waals surface area (Å²) in [7, 11) is -3.45. The number of ether oxygens (including phenoxy) is 2. The summed E-state index contributed by atoms with van der Waals surface area (Å²) in [6.45, 7) is 1.67. The van der Waals surface area contributed by atoms with E-state index in [9.17, 15) is 26.4 Å². The van der Waals surface area contributed by atoms with Crippen LogP contribution < -0.4 is 10.1 Å². The number of carbonyl (C=O) groups is 1. The van der Waals surface area contributed by atoms with Gasteiger partial charge in [-0.15, -0.1) is 11.3 Å². The fourth-order valence-electron chi connectivity index (χ4n) is 3.78. The molecule has 1 fully saturated rings. The van der Waals surface area contributed by atoms with Crippen LogP contribution in [0.4, 0.5) is 18.9 Å². The Kier molecular flexibility index (Phi) is 8.96. The number of nitrogens with one attached hydrogen (secondary N) is 2. The van der Waals surface area contributed by atoms with Crippen LogP contribution in [0.1, 0.15) is 4.88 Å². The second-order valence-electron chi connectivity index (χ2n) is 8.87. The lowest BCUT2D eigenvalue weighted by atomic mass is 10.2. The van der Waals surface area contributed by atoms with Crippen molar-refractivity contribution in [1.29, 1.82) is 5.41 Å². The third-order valence-corrected chi connectivity index (χ3v) is 8.13. The Morgan fingerprint density at radius 1 is 1.12 bits per heavy atom. The number of carbonyl (C=O) groups excluding carboxylic acids is 1. The maximum absolute atomic E-state index is 13.3. The Balaban J connectivity index is 1.57. The van der Waals surface area contributed by atoms with Crippen LogP contribution in [0.3, 0.4) is 0 Å². The molecule has 1 aliphatic rings. The Morgan fingerprint density at radius 3 is 2.55 bits per heavy atom. The number of allylic oxidation sites excluding steroid dienone is 1. The zero-order valence-corrected chi connectivity index (χ0v) is 23.0. The van der Waals surface area contributed by atoms with Gasteiger partial charge in [-0.25, -0.2) is 8.42 Å². The molecule has 8 nitrogen and oxygen atoms in total. The monoisotopic (exact) mass is 593 g/mol. The van der Waals surface area contributed by atoms with E-state index in [0.29, 0.717) is 59.1 Å². The smallest absolute Gasteiger partial charge is 0.432 e. The average Bonchev–Trinajstić information content (AvgIpc) is 3.42. The van der Waals surface area contributed by atoms with Gasteiger partial charge in [0, 0.05) is 36.0 Å². The number of amides is 1. The molecule has 0 atom stereocenters. The van der Waals surface area contributed by atoms with Gasteiger partial charge >= 0.3 is 6.18 Å². The van der Waals surface area contributed by atoms with E-state index < -0.39 is 21.7 Å². The molecule has 1 amide bonds. The number of halogens is 3. The second-order valence-corrected chi connectivity index (χ2v) is 12.0. The fraction of sp³-hybridized carbons (Fsp3) is 0.259. The number of alkyl halides is 3. The fourth-order valence-corrected chi connectivity index (χ4v) is 5.42. The third-order valence-electron chi connectivity index (χ3n) is 5.85. The van der Waals surface area contributed by atoms with Gasteiger partial charge in [0.1, 0.15) is 11.5 Å². The summed E-state index contributed by atoms with van der Waals surface area (Å²) < 4.78 is 74.6. The van der Waals surface area contributed by atoms with Crippen molar-refractivity contribution in [3.63, 3.8) is 0 Å². The van der Waals surface area contributed by atoms with Crippen LogP contribution in [-0.2, 0) is 19.4 Å². The lowest BCUT2D eigenvalue weighted by Crippen LogP contribution is -2.42. The molecule has 3 aromatic rings. The van der Waals surface area contributed by atoms with Crippen molar-refractivity contribution in [3.05, 3.63) is 71.6 Å². The Morgan fingerprint density at radius 2 is 1.85 bits per heavy atom. The van der Waals surface area contributed by atoms with Crippen molar-refractivity contribution in [3.8, 4) is 16.2 Å². The largest absolute Gasteiger partial charge is 0.484 e. The van der Waals surface area contributed by atoms with Gasteiger partial charge in [0.05, 0.1) is 28.7 Å². The maximum Gasteiger partial charge on any atom is 0.432 e. The van der Waals surface area contributed by atoms with Gasteiger partial charge in [-0.3, -0.25) is 10.2 Å². The second kappa shape index (κ2) is 12.2. The Bertz CT molecular complexity index is 1530. The number of sulfone groups is 1. The number of morpholine rings is 1. The number of anilines is 1. The zero-order chi connectivity index (χ0) is 28.9. The SMILES string of the molecule is CS(=O)(=O)c1cccc(-c2ccc(/C(=C/C(=N)C(F)(F)F)Nc3cccc(OCC(=O)N4CCOCC4)c3)s2)c1. The van der Waals surface area contributed by atoms with Gasteiger partial charge < -0.3 is 19.7 Å². The highest BCUT2D eigenvalue weighted by Crippen LogP contribution is 2.34. The first-order chi connectivity index (χ1) is 18.9. The molecular weight excluding hydrogens is 567 g/mol. The molecule has 1 aromatic heterocycles. The molecule has 2 N–H and O–H groups in total. The normalized spacial score (nSPS) is 14.6. The van der Waals surface area contributed by atoms with Crippen molar-refractivity contribution in [2.45, 2.75) is 11.1 Å². The predicted octanol–water partition coefficient (Wildman–Crippen LogP) is 5.09. The highest BCUT2D eigenvalue weighted by molar-refractivity contribution is 7.90. The van der Waals surface area contributed by atoms with Gasteiger partial charge in [0.2, 0.25) is 0 Å². The van der Waals surface area contributed by atoms with Crippen molar-refractivity contribution in [1.82, 2.24) is 4.90 Å². The zero-order valence-electron chi connectivity index (χ0n) is 21.3. The highest BCUT2D eigenvalue weighted by atomic mass is 32.2. The van der Waals surface area contributed by atoms with Crippen molar-refractivity contribution >= 4 is 44.2 Å². The molecule has 0 radical (unpaired) electrons. The lowest BCUT2D eigenvalue weighted by Gasteiger charge is -2.26. The molecule has 2 aromatic carbocycles. The first-order valence-electron chi connectivity index (χ1n) is 12.0. The van der Waals surface area contributed by atoms with Crippen LogP contribution in [0.25, 0.3) is 16.1 Å². The summed E-state index contributed by atoms with van der Waals surface area (Å²) >= 11 is 1.14. The van der Waals surface area contributed by atoms with Crippen LogP contribution in [0.5, 0.6) is 5.75 Å². The van der Waals surface area contributed by atoms with Crippen LogP contribution in [0.2, 0.25) is 0 Å². The molecule has 212 valence electrons. The molecule has 2 heterocycles. The van der Waals surface area contributed by atoms with Crippen molar-refractivity contribution < 1.29 is 35.9 Å². The van der Waals surface area contributed by atoms with E-state index in [0.717, 1.165) is 17.6 Å². The minimum absolute atomic E-state index is 0.0133. The number of thiophene rings is 1. The van der Waals surface area contributed by atoms with E-state index in [1.165, 1.54) is 12.1 Å². The molecule has 0 aliphatic carbocycles. The van der Waals surface area contributed by atoms with E-state index in [1.54, 1.807) is 53.4 Å². The maximum atomic E-state index is 13.3. The molecule has 0 unspecified atom stereocenters. The summed E-state index contributed by atoms with van der Waals surface area (Å²) in [4.78, 5) is 15.2. The summed E-state index contributed by atoms with van der Waals surface area (Å²) in [6, 6.07) is 15.9. The minimum atomic E-state index is -4.86. The van der Waals surface area contributed by atoms with Crippen molar-refractivity contribution in [2.24, 2.45) is 0 Å². The standard InChI is InChI=1S/C27H26F3N3O5S2/c1-40(35,36)21-7-2-4-18(14-21)23-8-9-24(39-23)22(16-25(31)27(28,29)30)32-19-5-3-6-20(15-19)38-17-26(34)33-10-12-37-13-11-33/h2-9,14-16,31-32H,10-13,17H2,1H3/b22-16-,31-25?.